The van der Waals surface area contributed by atoms with E-state index in [0.29, 0.717) is 12.4 Å². The predicted molar refractivity (Wildman–Crippen MR) is 97.0 cm³/mol. The number of rotatable bonds is 7. The van der Waals surface area contributed by atoms with Gasteiger partial charge in [-0.2, -0.15) is 0 Å². The van der Waals surface area contributed by atoms with Crippen LogP contribution in [0.15, 0.2) is 79.1 Å². The topological polar surface area (TPSA) is 77.2 Å². The van der Waals surface area contributed by atoms with Crippen LogP contribution in [0.25, 0.3) is 0 Å². The lowest BCUT2D eigenvalue weighted by Gasteiger charge is -2.17. The minimum atomic E-state index is -0.602. The van der Waals surface area contributed by atoms with E-state index in [-0.39, 0.29) is 0 Å². The third-order valence-corrected chi connectivity index (χ3v) is 3.69. The molecule has 25 heavy (non-hydrogen) atoms. The Bertz CT molecular complexity index is 823. The van der Waals surface area contributed by atoms with Crippen LogP contribution in [0.1, 0.15) is 17.2 Å². The fraction of sp³-hybridized carbons (Fsp3) is 0.100. The number of pyridine rings is 1. The van der Waals surface area contributed by atoms with Gasteiger partial charge in [0.25, 0.3) is 0 Å². The number of benzene rings is 2. The minimum absolute atomic E-state index is 0.426. The summed E-state index contributed by atoms with van der Waals surface area (Å²) in [6, 6.07) is 20.0. The summed E-state index contributed by atoms with van der Waals surface area (Å²) in [5, 5.41) is 3.17. The highest BCUT2D eigenvalue weighted by atomic mass is 16.5. The molecule has 0 aliphatic rings. The number of amides is 1. The average Bonchev–Trinajstić information content (AvgIpc) is 2.66. The van der Waals surface area contributed by atoms with Crippen LogP contribution in [0.5, 0.6) is 5.75 Å². The Labute approximate surface area is 146 Å². The van der Waals surface area contributed by atoms with Crippen molar-refractivity contribution in [2.75, 3.05) is 5.32 Å². The zero-order valence-electron chi connectivity index (χ0n) is 13.6. The quantitative estimate of drug-likeness (QED) is 0.695. The van der Waals surface area contributed by atoms with Crippen LogP contribution in [-0.2, 0) is 11.4 Å². The van der Waals surface area contributed by atoms with E-state index in [1.165, 1.54) is 0 Å². The minimum Gasteiger partial charge on any atom is -0.489 e. The van der Waals surface area contributed by atoms with E-state index >= 15 is 0 Å². The molecule has 0 radical (unpaired) electrons. The molecule has 3 rings (SSSR count). The maximum absolute atomic E-state index is 11.8. The standard InChI is InChI=1S/C20H19N3O2/c21-20(24)19(16-7-2-1-3-8-16)23-17-9-4-10-18(12-17)25-14-15-6-5-11-22-13-15/h1-13,19,23H,14H2,(H2,21,24). The van der Waals surface area contributed by atoms with Gasteiger partial charge in [0, 0.05) is 29.7 Å². The van der Waals surface area contributed by atoms with Gasteiger partial charge in [-0.05, 0) is 23.8 Å². The molecular formula is C20H19N3O2. The Morgan fingerprint density at radius 3 is 2.64 bits per heavy atom. The first-order chi connectivity index (χ1) is 12.2. The predicted octanol–water partition coefficient (Wildman–Crippen LogP) is 3.30. The van der Waals surface area contributed by atoms with Gasteiger partial charge in [0.1, 0.15) is 18.4 Å². The molecule has 5 nitrogen and oxygen atoms in total. The average molecular weight is 333 g/mol. The van der Waals surface area contributed by atoms with Crippen molar-refractivity contribution < 1.29 is 9.53 Å². The fourth-order valence-electron chi connectivity index (χ4n) is 2.46. The molecule has 3 aromatic rings. The van der Waals surface area contributed by atoms with Gasteiger partial charge in [0.15, 0.2) is 0 Å². The Hall–Kier alpha value is -3.34. The van der Waals surface area contributed by atoms with E-state index in [0.717, 1.165) is 16.8 Å². The molecule has 126 valence electrons. The van der Waals surface area contributed by atoms with Crippen molar-refractivity contribution in [2.24, 2.45) is 5.73 Å². The summed E-state index contributed by atoms with van der Waals surface area (Å²) in [5.41, 5.74) is 8.11. The van der Waals surface area contributed by atoms with Crippen molar-refractivity contribution in [3.05, 3.63) is 90.3 Å². The highest BCUT2D eigenvalue weighted by Crippen LogP contribution is 2.23. The molecule has 0 aliphatic carbocycles. The number of nitrogens with zero attached hydrogens (tertiary/aromatic N) is 1. The summed E-state index contributed by atoms with van der Waals surface area (Å²) in [4.78, 5) is 15.9. The summed E-state index contributed by atoms with van der Waals surface area (Å²) >= 11 is 0. The second-order valence-electron chi connectivity index (χ2n) is 5.57. The van der Waals surface area contributed by atoms with E-state index in [4.69, 9.17) is 10.5 Å². The van der Waals surface area contributed by atoms with Crippen molar-refractivity contribution in [3.63, 3.8) is 0 Å². The molecule has 1 heterocycles. The first kappa shape index (κ1) is 16.5. The molecule has 0 spiro atoms. The molecule has 1 amide bonds. The number of carbonyl (C=O) groups is 1. The monoisotopic (exact) mass is 333 g/mol. The Morgan fingerprint density at radius 2 is 1.92 bits per heavy atom. The van der Waals surface area contributed by atoms with Crippen LogP contribution in [0, 0.1) is 0 Å². The molecule has 0 bridgehead atoms. The van der Waals surface area contributed by atoms with Gasteiger partial charge in [-0.25, -0.2) is 0 Å². The lowest BCUT2D eigenvalue weighted by Crippen LogP contribution is -2.27. The van der Waals surface area contributed by atoms with Gasteiger partial charge in [0.2, 0.25) is 5.91 Å². The molecule has 1 aromatic heterocycles. The van der Waals surface area contributed by atoms with Crippen LogP contribution in [-0.4, -0.2) is 10.9 Å². The molecule has 0 fully saturated rings. The molecule has 1 unspecified atom stereocenters. The highest BCUT2D eigenvalue weighted by molar-refractivity contribution is 5.84. The number of aromatic nitrogens is 1. The third-order valence-electron chi connectivity index (χ3n) is 3.69. The van der Waals surface area contributed by atoms with Gasteiger partial charge < -0.3 is 15.8 Å². The van der Waals surface area contributed by atoms with Gasteiger partial charge >= 0.3 is 0 Å². The summed E-state index contributed by atoms with van der Waals surface area (Å²) in [5.74, 6) is 0.262. The largest absolute Gasteiger partial charge is 0.489 e. The van der Waals surface area contributed by atoms with Gasteiger partial charge in [-0.3, -0.25) is 9.78 Å². The Kier molecular flexibility index (Phi) is 5.26. The lowest BCUT2D eigenvalue weighted by atomic mass is 10.1. The zero-order chi connectivity index (χ0) is 17.5. The third kappa shape index (κ3) is 4.57. The molecule has 5 heteroatoms. The lowest BCUT2D eigenvalue weighted by molar-refractivity contribution is -0.118. The molecule has 0 saturated heterocycles. The molecule has 0 aliphatic heterocycles. The fourth-order valence-corrected chi connectivity index (χ4v) is 2.46. The molecular weight excluding hydrogens is 314 g/mol. The molecule has 0 saturated carbocycles. The number of ether oxygens (including phenoxy) is 1. The first-order valence-corrected chi connectivity index (χ1v) is 7.95. The Balaban J connectivity index is 1.71. The maximum Gasteiger partial charge on any atom is 0.244 e. The number of nitrogens with two attached hydrogens (primary N) is 1. The van der Waals surface area contributed by atoms with Crippen molar-refractivity contribution in [1.29, 1.82) is 0 Å². The summed E-state index contributed by atoms with van der Waals surface area (Å²) < 4.78 is 5.78. The van der Waals surface area contributed by atoms with Crippen molar-refractivity contribution in [1.82, 2.24) is 4.98 Å². The second-order valence-corrected chi connectivity index (χ2v) is 5.57. The normalized spacial score (nSPS) is 11.5. The van der Waals surface area contributed by atoms with Crippen LogP contribution >= 0.6 is 0 Å². The maximum atomic E-state index is 11.8. The number of hydrogen-bond acceptors (Lipinski definition) is 4. The number of nitrogens with one attached hydrogen (secondary N) is 1. The summed E-state index contributed by atoms with van der Waals surface area (Å²) in [6.07, 6.45) is 3.49. The Morgan fingerprint density at radius 1 is 1.08 bits per heavy atom. The smallest absolute Gasteiger partial charge is 0.244 e. The molecule has 1 atom stereocenters. The van der Waals surface area contributed by atoms with E-state index in [1.807, 2.05) is 66.7 Å². The number of hydrogen-bond donors (Lipinski definition) is 2. The number of anilines is 1. The van der Waals surface area contributed by atoms with Gasteiger partial charge in [0.05, 0.1) is 0 Å². The number of primary amides is 1. The highest BCUT2D eigenvalue weighted by Gasteiger charge is 2.17. The number of carbonyl (C=O) groups excluding carboxylic acids is 1. The van der Waals surface area contributed by atoms with E-state index < -0.39 is 11.9 Å². The van der Waals surface area contributed by atoms with Crippen molar-refractivity contribution in [2.45, 2.75) is 12.6 Å². The molecule has 2 aromatic carbocycles. The SMILES string of the molecule is NC(=O)C(Nc1cccc(OCc2cccnc2)c1)c1ccccc1. The van der Waals surface area contributed by atoms with E-state index in [1.54, 1.807) is 12.4 Å². The zero-order valence-corrected chi connectivity index (χ0v) is 13.6. The van der Waals surface area contributed by atoms with Crippen LogP contribution in [0.2, 0.25) is 0 Å². The first-order valence-electron chi connectivity index (χ1n) is 7.95. The van der Waals surface area contributed by atoms with Crippen LogP contribution in [0.4, 0.5) is 5.69 Å². The molecule has 3 N–H and O–H groups in total. The van der Waals surface area contributed by atoms with Crippen molar-refractivity contribution >= 4 is 11.6 Å². The van der Waals surface area contributed by atoms with Crippen LogP contribution < -0.4 is 15.8 Å². The second kappa shape index (κ2) is 7.97. The summed E-state index contributed by atoms with van der Waals surface area (Å²) in [6.45, 7) is 0.426. The van der Waals surface area contributed by atoms with Gasteiger partial charge in [-0.15, -0.1) is 0 Å². The van der Waals surface area contributed by atoms with Gasteiger partial charge in [-0.1, -0.05) is 42.5 Å². The van der Waals surface area contributed by atoms with Crippen LogP contribution in [0.3, 0.4) is 0 Å². The van der Waals surface area contributed by atoms with E-state index in [9.17, 15) is 4.79 Å². The van der Waals surface area contributed by atoms with E-state index in [2.05, 4.69) is 10.3 Å². The summed E-state index contributed by atoms with van der Waals surface area (Å²) in [7, 11) is 0. The van der Waals surface area contributed by atoms with Crippen molar-refractivity contribution in [3.8, 4) is 5.75 Å².